The van der Waals surface area contributed by atoms with Crippen molar-refractivity contribution in [2.24, 2.45) is 0 Å². The number of carbonyl (C=O) groups is 1. The van der Waals surface area contributed by atoms with E-state index in [1.165, 1.54) is 0 Å². The lowest BCUT2D eigenvalue weighted by molar-refractivity contribution is 0.0118. The zero-order chi connectivity index (χ0) is 15.5. The minimum atomic E-state index is -0.486. The third kappa shape index (κ3) is 3.99. The van der Waals surface area contributed by atoms with Crippen LogP contribution in [0.15, 0.2) is 24.3 Å². The molecule has 0 aliphatic carbocycles. The van der Waals surface area contributed by atoms with Gasteiger partial charge < -0.3 is 10.1 Å². The highest BCUT2D eigenvalue weighted by atomic mass is 16.6. The molecule has 1 aliphatic rings. The summed E-state index contributed by atoms with van der Waals surface area (Å²) in [5.41, 5.74) is 1.42. The van der Waals surface area contributed by atoms with Crippen LogP contribution in [0.4, 0.5) is 4.79 Å². The monoisotopic (exact) mass is 286 g/mol. The first-order chi connectivity index (χ1) is 9.90. The summed E-state index contributed by atoms with van der Waals surface area (Å²) < 4.78 is 5.50. The van der Waals surface area contributed by atoms with Crippen LogP contribution in [0, 0.1) is 12.3 Å². The Morgan fingerprint density at radius 2 is 2.05 bits per heavy atom. The molecule has 112 valence electrons. The number of nitrogens with zero attached hydrogens (tertiary/aromatic N) is 1. The SMILES string of the molecule is C#Cc1ccc(C2CNCCN2C(=O)OC(C)(C)C)cc1. The normalized spacial score (nSPS) is 19.0. The lowest BCUT2D eigenvalue weighted by Crippen LogP contribution is -2.50. The predicted octanol–water partition coefficient (Wildman–Crippen LogP) is 2.55. The van der Waals surface area contributed by atoms with E-state index in [1.807, 2.05) is 45.0 Å². The van der Waals surface area contributed by atoms with Gasteiger partial charge in [0.25, 0.3) is 0 Å². The number of hydrogen-bond donors (Lipinski definition) is 1. The summed E-state index contributed by atoms with van der Waals surface area (Å²) >= 11 is 0. The molecule has 1 atom stereocenters. The summed E-state index contributed by atoms with van der Waals surface area (Å²) in [5.74, 6) is 2.60. The van der Waals surface area contributed by atoms with E-state index in [-0.39, 0.29) is 12.1 Å². The Hall–Kier alpha value is -1.99. The summed E-state index contributed by atoms with van der Waals surface area (Å²) in [6.45, 7) is 7.76. The topological polar surface area (TPSA) is 41.6 Å². The van der Waals surface area contributed by atoms with Gasteiger partial charge in [0, 0.05) is 25.2 Å². The molecule has 0 spiro atoms. The summed E-state index contributed by atoms with van der Waals surface area (Å²) in [6.07, 6.45) is 5.11. The Labute approximate surface area is 126 Å². The van der Waals surface area contributed by atoms with E-state index in [0.717, 1.165) is 17.7 Å². The molecular formula is C17H22N2O2. The summed E-state index contributed by atoms with van der Waals surface area (Å²) in [4.78, 5) is 14.1. The molecule has 0 bridgehead atoms. The maximum atomic E-state index is 12.4. The molecule has 1 aromatic rings. The standard InChI is InChI=1S/C17H22N2O2/c1-5-13-6-8-14(9-7-13)15-12-18-10-11-19(15)16(20)21-17(2,3)4/h1,6-9,15,18H,10-12H2,2-4H3. The van der Waals surface area contributed by atoms with Gasteiger partial charge in [0.15, 0.2) is 0 Å². The lowest BCUT2D eigenvalue weighted by atomic mass is 10.0. The molecular weight excluding hydrogens is 264 g/mol. The van der Waals surface area contributed by atoms with Gasteiger partial charge in [0.1, 0.15) is 5.60 Å². The van der Waals surface area contributed by atoms with Crippen LogP contribution < -0.4 is 5.32 Å². The average Bonchev–Trinajstić information content (AvgIpc) is 2.45. The molecule has 0 aromatic heterocycles. The molecule has 1 saturated heterocycles. The van der Waals surface area contributed by atoms with Gasteiger partial charge in [-0.1, -0.05) is 18.1 Å². The van der Waals surface area contributed by atoms with E-state index in [1.54, 1.807) is 4.90 Å². The molecule has 1 fully saturated rings. The van der Waals surface area contributed by atoms with E-state index in [9.17, 15) is 4.79 Å². The van der Waals surface area contributed by atoms with Gasteiger partial charge >= 0.3 is 6.09 Å². The number of carbonyl (C=O) groups excluding carboxylic acids is 1. The minimum absolute atomic E-state index is 0.0274. The predicted molar refractivity (Wildman–Crippen MR) is 82.9 cm³/mol. The van der Waals surface area contributed by atoms with Crippen LogP contribution in [0.25, 0.3) is 0 Å². The van der Waals surface area contributed by atoms with Crippen molar-refractivity contribution in [3.63, 3.8) is 0 Å². The number of ether oxygens (including phenoxy) is 1. The second-order valence-corrected chi connectivity index (χ2v) is 6.16. The number of terminal acetylenes is 1. The van der Waals surface area contributed by atoms with Crippen LogP contribution >= 0.6 is 0 Å². The van der Waals surface area contributed by atoms with Crippen LogP contribution in [-0.2, 0) is 4.74 Å². The number of hydrogen-bond acceptors (Lipinski definition) is 3. The van der Waals surface area contributed by atoms with Gasteiger partial charge in [-0.3, -0.25) is 4.90 Å². The molecule has 1 N–H and O–H groups in total. The van der Waals surface area contributed by atoms with Crippen LogP contribution in [0.2, 0.25) is 0 Å². The average molecular weight is 286 g/mol. The third-order valence-corrected chi connectivity index (χ3v) is 3.33. The van der Waals surface area contributed by atoms with Crippen molar-refractivity contribution in [2.75, 3.05) is 19.6 Å². The van der Waals surface area contributed by atoms with Crippen LogP contribution in [-0.4, -0.2) is 36.2 Å². The van der Waals surface area contributed by atoms with Crippen LogP contribution in [0.1, 0.15) is 37.9 Å². The minimum Gasteiger partial charge on any atom is -0.444 e. The van der Waals surface area contributed by atoms with Crippen molar-refractivity contribution in [3.8, 4) is 12.3 Å². The van der Waals surface area contributed by atoms with Gasteiger partial charge in [-0.2, -0.15) is 0 Å². The fourth-order valence-corrected chi connectivity index (χ4v) is 2.34. The zero-order valence-corrected chi connectivity index (χ0v) is 12.8. The van der Waals surface area contributed by atoms with Crippen molar-refractivity contribution in [1.82, 2.24) is 10.2 Å². The lowest BCUT2D eigenvalue weighted by Gasteiger charge is -2.37. The summed E-state index contributed by atoms with van der Waals surface area (Å²) in [5, 5.41) is 3.32. The molecule has 1 heterocycles. The van der Waals surface area contributed by atoms with Crippen LogP contribution in [0.3, 0.4) is 0 Å². The Morgan fingerprint density at radius 3 is 2.62 bits per heavy atom. The van der Waals surface area contributed by atoms with Gasteiger partial charge in [-0.05, 0) is 38.5 Å². The molecule has 4 nitrogen and oxygen atoms in total. The molecule has 0 radical (unpaired) electrons. The highest BCUT2D eigenvalue weighted by molar-refractivity contribution is 5.69. The first-order valence-electron chi connectivity index (χ1n) is 7.17. The first-order valence-corrected chi connectivity index (χ1v) is 7.17. The molecule has 1 unspecified atom stereocenters. The second-order valence-electron chi connectivity index (χ2n) is 6.16. The fourth-order valence-electron chi connectivity index (χ4n) is 2.34. The molecule has 0 saturated carbocycles. The maximum absolute atomic E-state index is 12.4. The molecule has 1 amide bonds. The number of amides is 1. The Kier molecular flexibility index (Phi) is 4.54. The van der Waals surface area contributed by atoms with Gasteiger partial charge in [0.2, 0.25) is 0 Å². The number of benzene rings is 1. The Morgan fingerprint density at radius 1 is 1.38 bits per heavy atom. The van der Waals surface area contributed by atoms with Crippen molar-refractivity contribution in [2.45, 2.75) is 32.4 Å². The smallest absolute Gasteiger partial charge is 0.410 e. The largest absolute Gasteiger partial charge is 0.444 e. The second kappa shape index (κ2) is 6.19. The molecule has 1 aliphatic heterocycles. The Bertz CT molecular complexity index is 537. The van der Waals surface area contributed by atoms with E-state index in [0.29, 0.717) is 13.1 Å². The van der Waals surface area contributed by atoms with Gasteiger partial charge in [-0.15, -0.1) is 6.42 Å². The summed E-state index contributed by atoms with van der Waals surface area (Å²) in [6, 6.07) is 7.73. The summed E-state index contributed by atoms with van der Waals surface area (Å²) in [7, 11) is 0. The zero-order valence-electron chi connectivity index (χ0n) is 12.8. The van der Waals surface area contributed by atoms with Crippen molar-refractivity contribution >= 4 is 6.09 Å². The molecule has 4 heteroatoms. The Balaban J connectivity index is 2.18. The molecule has 2 rings (SSSR count). The number of piperazine rings is 1. The van der Waals surface area contributed by atoms with Crippen molar-refractivity contribution in [1.29, 1.82) is 0 Å². The fraction of sp³-hybridized carbons (Fsp3) is 0.471. The van der Waals surface area contributed by atoms with E-state index in [4.69, 9.17) is 11.2 Å². The molecule has 21 heavy (non-hydrogen) atoms. The third-order valence-electron chi connectivity index (χ3n) is 3.33. The molecule has 1 aromatic carbocycles. The highest BCUT2D eigenvalue weighted by Crippen LogP contribution is 2.24. The van der Waals surface area contributed by atoms with E-state index < -0.39 is 5.60 Å². The van der Waals surface area contributed by atoms with Crippen LogP contribution in [0.5, 0.6) is 0 Å². The maximum Gasteiger partial charge on any atom is 0.410 e. The quantitative estimate of drug-likeness (QED) is 0.807. The number of nitrogens with one attached hydrogen (secondary N) is 1. The number of rotatable bonds is 1. The highest BCUT2D eigenvalue weighted by Gasteiger charge is 2.31. The van der Waals surface area contributed by atoms with E-state index >= 15 is 0 Å². The first kappa shape index (κ1) is 15.4. The van der Waals surface area contributed by atoms with Crippen molar-refractivity contribution in [3.05, 3.63) is 35.4 Å². The van der Waals surface area contributed by atoms with Gasteiger partial charge in [0.05, 0.1) is 6.04 Å². The van der Waals surface area contributed by atoms with Crippen molar-refractivity contribution < 1.29 is 9.53 Å². The van der Waals surface area contributed by atoms with E-state index in [2.05, 4.69) is 11.2 Å². The van der Waals surface area contributed by atoms with Gasteiger partial charge in [-0.25, -0.2) is 4.79 Å².